The molecule has 0 fully saturated rings. The van der Waals surface area contributed by atoms with Crippen LogP contribution in [0.1, 0.15) is 10.4 Å². The maximum Gasteiger partial charge on any atom is 0.251 e. The van der Waals surface area contributed by atoms with Crippen molar-refractivity contribution in [3.63, 3.8) is 0 Å². The van der Waals surface area contributed by atoms with Crippen molar-refractivity contribution >= 4 is 16.8 Å². The molecule has 4 nitrogen and oxygen atoms in total. The van der Waals surface area contributed by atoms with Gasteiger partial charge >= 0.3 is 0 Å². The highest BCUT2D eigenvalue weighted by molar-refractivity contribution is 5.97. The summed E-state index contributed by atoms with van der Waals surface area (Å²) in [6.45, 7) is 0. The van der Waals surface area contributed by atoms with Gasteiger partial charge in [0.1, 0.15) is 0 Å². The summed E-state index contributed by atoms with van der Waals surface area (Å²) in [5, 5.41) is 10.2. The van der Waals surface area contributed by atoms with Crippen molar-refractivity contribution in [2.24, 2.45) is 0 Å². The molecule has 0 aliphatic carbocycles. The Balaban J connectivity index is 2.54. The minimum absolute atomic E-state index is 0.0805. The number of fused-ring (bicyclic) bond motifs is 1. The molecular formula is C9H9N3O. The molecule has 0 saturated carbocycles. The number of amides is 1. The van der Waals surface area contributed by atoms with Gasteiger partial charge in [-0.05, 0) is 18.2 Å². The summed E-state index contributed by atoms with van der Waals surface area (Å²) < 4.78 is 0. The minimum atomic E-state index is -0.0805. The van der Waals surface area contributed by atoms with Gasteiger partial charge in [0.05, 0.1) is 11.7 Å². The maximum absolute atomic E-state index is 11.2. The average molecular weight is 175 g/mol. The highest BCUT2D eigenvalue weighted by Crippen LogP contribution is 2.12. The fourth-order valence-corrected chi connectivity index (χ4v) is 1.23. The molecule has 13 heavy (non-hydrogen) atoms. The fourth-order valence-electron chi connectivity index (χ4n) is 1.23. The molecule has 1 aromatic heterocycles. The molecule has 66 valence electrons. The number of H-pyrrole nitrogens is 1. The van der Waals surface area contributed by atoms with Crippen molar-refractivity contribution in [2.45, 2.75) is 0 Å². The number of carbonyl (C=O) groups excluding carboxylic acids is 1. The maximum atomic E-state index is 11.2. The first kappa shape index (κ1) is 7.79. The van der Waals surface area contributed by atoms with Crippen LogP contribution in [0, 0.1) is 0 Å². The Bertz CT molecular complexity index is 447. The number of benzene rings is 1. The second-order valence-corrected chi connectivity index (χ2v) is 2.75. The van der Waals surface area contributed by atoms with Crippen molar-refractivity contribution in [2.75, 3.05) is 7.05 Å². The molecule has 0 unspecified atom stereocenters. The lowest BCUT2D eigenvalue weighted by atomic mass is 10.1. The smallest absolute Gasteiger partial charge is 0.251 e. The van der Waals surface area contributed by atoms with Gasteiger partial charge in [-0.2, -0.15) is 5.10 Å². The average Bonchev–Trinajstić information content (AvgIpc) is 2.63. The lowest BCUT2D eigenvalue weighted by Crippen LogP contribution is -2.17. The summed E-state index contributed by atoms with van der Waals surface area (Å²) in [7, 11) is 1.61. The molecule has 2 aromatic rings. The molecule has 1 heterocycles. The largest absolute Gasteiger partial charge is 0.355 e. The molecule has 2 rings (SSSR count). The summed E-state index contributed by atoms with van der Waals surface area (Å²) in [6, 6.07) is 5.41. The number of hydrogen-bond donors (Lipinski definition) is 2. The van der Waals surface area contributed by atoms with E-state index in [4.69, 9.17) is 0 Å². The van der Waals surface area contributed by atoms with Crippen LogP contribution in [0.5, 0.6) is 0 Å². The van der Waals surface area contributed by atoms with Crippen molar-refractivity contribution in [3.05, 3.63) is 30.0 Å². The van der Waals surface area contributed by atoms with Crippen molar-refractivity contribution < 1.29 is 4.79 Å². The Hall–Kier alpha value is -1.84. The van der Waals surface area contributed by atoms with Crippen LogP contribution in [0.25, 0.3) is 10.9 Å². The van der Waals surface area contributed by atoms with Crippen LogP contribution in [-0.2, 0) is 0 Å². The lowest BCUT2D eigenvalue weighted by Gasteiger charge is -1.98. The van der Waals surface area contributed by atoms with E-state index in [1.54, 1.807) is 25.4 Å². The van der Waals surface area contributed by atoms with Crippen molar-refractivity contribution in [1.29, 1.82) is 0 Å². The zero-order valence-electron chi connectivity index (χ0n) is 7.16. The van der Waals surface area contributed by atoms with Gasteiger partial charge in [-0.3, -0.25) is 9.89 Å². The first-order chi connectivity index (χ1) is 6.31. The predicted molar refractivity (Wildman–Crippen MR) is 49.5 cm³/mol. The Morgan fingerprint density at radius 3 is 3.15 bits per heavy atom. The van der Waals surface area contributed by atoms with E-state index in [9.17, 15) is 4.79 Å². The zero-order chi connectivity index (χ0) is 9.26. The van der Waals surface area contributed by atoms with Gasteiger partial charge in [0.2, 0.25) is 0 Å². The zero-order valence-corrected chi connectivity index (χ0v) is 7.16. The standard InChI is InChI=1S/C9H9N3O/c1-10-9(13)6-2-3-8-7(4-6)5-11-12-8/h2-5H,1H3,(H,10,13)(H,11,12). The van der Waals surface area contributed by atoms with Gasteiger partial charge < -0.3 is 5.32 Å². The highest BCUT2D eigenvalue weighted by Gasteiger charge is 2.03. The molecular weight excluding hydrogens is 166 g/mol. The van der Waals surface area contributed by atoms with E-state index in [2.05, 4.69) is 15.5 Å². The van der Waals surface area contributed by atoms with Gasteiger partial charge in [-0.1, -0.05) is 0 Å². The predicted octanol–water partition coefficient (Wildman–Crippen LogP) is 0.922. The molecule has 0 spiro atoms. The first-order valence-electron chi connectivity index (χ1n) is 3.96. The van der Waals surface area contributed by atoms with Gasteiger partial charge in [-0.15, -0.1) is 0 Å². The Kier molecular flexibility index (Phi) is 1.73. The number of nitrogens with zero attached hydrogens (tertiary/aromatic N) is 1. The van der Waals surface area contributed by atoms with E-state index >= 15 is 0 Å². The van der Waals surface area contributed by atoms with Crippen LogP contribution in [0.3, 0.4) is 0 Å². The quantitative estimate of drug-likeness (QED) is 0.677. The molecule has 1 aromatic carbocycles. The van der Waals surface area contributed by atoms with Crippen LogP contribution in [0.2, 0.25) is 0 Å². The fraction of sp³-hybridized carbons (Fsp3) is 0.111. The van der Waals surface area contributed by atoms with Crippen molar-refractivity contribution in [1.82, 2.24) is 15.5 Å². The number of hydrogen-bond acceptors (Lipinski definition) is 2. The molecule has 0 radical (unpaired) electrons. The molecule has 2 N–H and O–H groups in total. The lowest BCUT2D eigenvalue weighted by molar-refractivity contribution is 0.0963. The molecule has 4 heteroatoms. The summed E-state index contributed by atoms with van der Waals surface area (Å²) in [4.78, 5) is 11.2. The molecule has 0 saturated heterocycles. The number of aromatic nitrogens is 2. The van der Waals surface area contributed by atoms with Gasteiger partial charge in [-0.25, -0.2) is 0 Å². The number of nitrogens with one attached hydrogen (secondary N) is 2. The monoisotopic (exact) mass is 175 g/mol. The summed E-state index contributed by atoms with van der Waals surface area (Å²) in [6.07, 6.45) is 1.70. The van der Waals surface area contributed by atoms with E-state index < -0.39 is 0 Å². The summed E-state index contributed by atoms with van der Waals surface area (Å²) >= 11 is 0. The molecule has 0 aliphatic heterocycles. The molecule has 1 amide bonds. The summed E-state index contributed by atoms with van der Waals surface area (Å²) in [5.74, 6) is -0.0805. The van der Waals surface area contributed by atoms with E-state index in [1.165, 1.54) is 0 Å². The van der Waals surface area contributed by atoms with E-state index in [0.29, 0.717) is 5.56 Å². The SMILES string of the molecule is CNC(=O)c1ccc2[nH]ncc2c1. The second-order valence-electron chi connectivity index (χ2n) is 2.75. The molecule has 0 atom stereocenters. The third kappa shape index (κ3) is 1.26. The van der Waals surface area contributed by atoms with Crippen LogP contribution >= 0.6 is 0 Å². The van der Waals surface area contributed by atoms with E-state index in [-0.39, 0.29) is 5.91 Å². The minimum Gasteiger partial charge on any atom is -0.355 e. The highest BCUT2D eigenvalue weighted by atomic mass is 16.1. The van der Waals surface area contributed by atoms with Crippen LogP contribution in [0.15, 0.2) is 24.4 Å². The molecule has 0 bridgehead atoms. The van der Waals surface area contributed by atoms with E-state index in [0.717, 1.165) is 10.9 Å². The number of rotatable bonds is 1. The van der Waals surface area contributed by atoms with Gasteiger partial charge in [0, 0.05) is 18.0 Å². The third-order valence-corrected chi connectivity index (χ3v) is 1.93. The second kappa shape index (κ2) is 2.90. The first-order valence-corrected chi connectivity index (χ1v) is 3.96. The summed E-state index contributed by atoms with van der Waals surface area (Å²) in [5.41, 5.74) is 1.59. The topological polar surface area (TPSA) is 57.8 Å². The number of aromatic amines is 1. The van der Waals surface area contributed by atoms with E-state index in [1.807, 2.05) is 6.07 Å². The van der Waals surface area contributed by atoms with Crippen LogP contribution < -0.4 is 5.32 Å². The number of carbonyl (C=O) groups is 1. The third-order valence-electron chi connectivity index (χ3n) is 1.93. The van der Waals surface area contributed by atoms with Crippen LogP contribution in [0.4, 0.5) is 0 Å². The van der Waals surface area contributed by atoms with Crippen molar-refractivity contribution in [3.8, 4) is 0 Å². The Morgan fingerprint density at radius 2 is 2.38 bits per heavy atom. The Morgan fingerprint density at radius 1 is 1.54 bits per heavy atom. The van der Waals surface area contributed by atoms with Gasteiger partial charge in [0.25, 0.3) is 5.91 Å². The van der Waals surface area contributed by atoms with Crippen LogP contribution in [-0.4, -0.2) is 23.2 Å². The Labute approximate surface area is 75.0 Å². The normalized spacial score (nSPS) is 10.2. The van der Waals surface area contributed by atoms with Gasteiger partial charge in [0.15, 0.2) is 0 Å². The molecule has 0 aliphatic rings.